The lowest BCUT2D eigenvalue weighted by Gasteiger charge is -2.37. The van der Waals surface area contributed by atoms with Crippen LogP contribution in [0.25, 0.3) is 11.0 Å². The van der Waals surface area contributed by atoms with Gasteiger partial charge in [-0.25, -0.2) is 0 Å². The molecular weight excluding hydrogens is 381 g/mol. The van der Waals surface area contributed by atoms with Crippen LogP contribution in [0.15, 0.2) is 21.3 Å². The molecule has 0 radical (unpaired) electrons. The number of nitro benzene ring substituents is 1. The van der Waals surface area contributed by atoms with E-state index in [1.165, 1.54) is 0 Å². The Morgan fingerprint density at radius 2 is 1.93 bits per heavy atom. The molecule has 0 aliphatic carbocycles. The first-order valence-corrected chi connectivity index (χ1v) is 8.81. The minimum absolute atomic E-state index is 0.121. The van der Waals surface area contributed by atoms with Gasteiger partial charge >= 0.3 is 17.9 Å². The molecule has 8 nitrogen and oxygen atoms in total. The Kier molecular flexibility index (Phi) is 5.28. The second-order valence-corrected chi connectivity index (χ2v) is 6.71. The first-order chi connectivity index (χ1) is 13.1. The number of halogens is 3. The first-order valence-electron chi connectivity index (χ1n) is 8.81. The van der Waals surface area contributed by atoms with Crippen LogP contribution in [0, 0.1) is 10.1 Å². The number of alkyl halides is 3. The van der Waals surface area contributed by atoms with Crippen LogP contribution < -0.4 is 10.5 Å². The predicted octanol–water partition coefficient (Wildman–Crippen LogP) is 3.04. The lowest BCUT2D eigenvalue weighted by molar-refractivity contribution is -0.383. The van der Waals surface area contributed by atoms with Gasteiger partial charge in [-0.15, -0.1) is 0 Å². The van der Waals surface area contributed by atoms with E-state index in [9.17, 15) is 28.1 Å². The number of benzene rings is 1. The summed E-state index contributed by atoms with van der Waals surface area (Å²) in [4.78, 5) is 30.3. The number of aromatic nitrogens is 1. The molecule has 3 rings (SSSR count). The van der Waals surface area contributed by atoms with Crippen molar-refractivity contribution in [1.29, 1.82) is 0 Å². The first kappa shape index (κ1) is 20.1. The van der Waals surface area contributed by atoms with Gasteiger partial charge < -0.3 is 9.32 Å². The highest BCUT2D eigenvalue weighted by atomic mass is 19.4. The molecule has 0 amide bonds. The molecule has 1 fully saturated rings. The van der Waals surface area contributed by atoms with Crippen LogP contribution in [-0.2, 0) is 6.18 Å². The van der Waals surface area contributed by atoms with E-state index in [4.69, 9.17) is 4.42 Å². The molecule has 28 heavy (non-hydrogen) atoms. The van der Waals surface area contributed by atoms with Gasteiger partial charge in [-0.2, -0.15) is 18.2 Å². The topological polar surface area (TPSA) is 92.7 Å². The zero-order valence-corrected chi connectivity index (χ0v) is 15.3. The summed E-state index contributed by atoms with van der Waals surface area (Å²) < 4.78 is 44.5. The number of rotatable bonds is 4. The molecular formula is C17H19F3N4O4. The maximum Gasteiger partial charge on any atom is 0.416 e. The third-order valence-corrected chi connectivity index (χ3v) is 5.01. The molecule has 1 atom stereocenters. The normalized spacial score (nSPS) is 17.1. The molecule has 11 heteroatoms. The van der Waals surface area contributed by atoms with Crippen LogP contribution in [0.4, 0.5) is 24.9 Å². The van der Waals surface area contributed by atoms with E-state index >= 15 is 0 Å². The highest BCUT2D eigenvalue weighted by Crippen LogP contribution is 2.36. The summed E-state index contributed by atoms with van der Waals surface area (Å²) in [6, 6.07) is 1.17. The fraction of sp³-hybridized carbons (Fsp3) is 0.529. The molecule has 1 aliphatic heterocycles. The molecule has 1 aromatic heterocycles. The Labute approximate surface area is 157 Å². The second kappa shape index (κ2) is 7.38. The third-order valence-electron chi connectivity index (χ3n) is 5.01. The summed E-state index contributed by atoms with van der Waals surface area (Å²) in [6.45, 7) is 6.53. The minimum Gasteiger partial charge on any atom is -0.417 e. The van der Waals surface area contributed by atoms with Crippen LogP contribution in [-0.4, -0.2) is 47.0 Å². The molecule has 0 saturated carbocycles. The van der Waals surface area contributed by atoms with Crippen molar-refractivity contribution < 1.29 is 22.5 Å². The zero-order chi connectivity index (χ0) is 20.6. The van der Waals surface area contributed by atoms with Gasteiger partial charge in [-0.3, -0.25) is 19.8 Å². The van der Waals surface area contributed by atoms with Crippen molar-refractivity contribution in [3.63, 3.8) is 0 Å². The summed E-state index contributed by atoms with van der Waals surface area (Å²) >= 11 is 0. The maximum atomic E-state index is 13.0. The van der Waals surface area contributed by atoms with Gasteiger partial charge in [0, 0.05) is 38.3 Å². The Morgan fingerprint density at radius 1 is 1.29 bits per heavy atom. The van der Waals surface area contributed by atoms with Crippen LogP contribution in [0.3, 0.4) is 0 Å². The van der Waals surface area contributed by atoms with Gasteiger partial charge in [0.1, 0.15) is 0 Å². The van der Waals surface area contributed by atoms with Crippen molar-refractivity contribution in [3.8, 4) is 0 Å². The van der Waals surface area contributed by atoms with E-state index in [1.54, 1.807) is 4.90 Å². The fourth-order valence-corrected chi connectivity index (χ4v) is 3.19. The van der Waals surface area contributed by atoms with Gasteiger partial charge in [-0.1, -0.05) is 6.92 Å². The number of nitrogens with zero attached hydrogens (tertiary/aromatic N) is 4. The van der Waals surface area contributed by atoms with E-state index in [1.807, 2.05) is 0 Å². The lowest BCUT2D eigenvalue weighted by atomic mass is 10.1. The Bertz CT molecular complexity index is 952. The fourth-order valence-electron chi connectivity index (χ4n) is 3.19. The SMILES string of the molecule is CCC(C)N1CCN(c2nc(=O)c3cc(C(F)(F)F)cc([N+](=O)[O-])c3o2)CC1. The minimum atomic E-state index is -4.84. The predicted molar refractivity (Wildman–Crippen MR) is 95.5 cm³/mol. The zero-order valence-electron chi connectivity index (χ0n) is 15.3. The monoisotopic (exact) mass is 400 g/mol. The molecule has 1 aliphatic rings. The number of hydrogen-bond donors (Lipinski definition) is 0. The number of anilines is 1. The van der Waals surface area contributed by atoms with Crippen molar-refractivity contribution in [2.45, 2.75) is 32.5 Å². The summed E-state index contributed by atoms with van der Waals surface area (Å²) in [5, 5.41) is 10.7. The van der Waals surface area contributed by atoms with Crippen LogP contribution in [0.5, 0.6) is 0 Å². The van der Waals surface area contributed by atoms with E-state index in [-0.39, 0.29) is 6.01 Å². The Balaban J connectivity index is 2.02. The van der Waals surface area contributed by atoms with Crippen molar-refractivity contribution in [2.24, 2.45) is 0 Å². The van der Waals surface area contributed by atoms with Crippen LogP contribution in [0.1, 0.15) is 25.8 Å². The largest absolute Gasteiger partial charge is 0.417 e. The number of hydrogen-bond acceptors (Lipinski definition) is 7. The van der Waals surface area contributed by atoms with E-state index in [2.05, 4.69) is 23.7 Å². The highest BCUT2D eigenvalue weighted by molar-refractivity contribution is 5.86. The highest BCUT2D eigenvalue weighted by Gasteiger charge is 2.35. The molecule has 0 spiro atoms. The van der Waals surface area contributed by atoms with Gasteiger partial charge in [0.15, 0.2) is 0 Å². The molecule has 152 valence electrons. The number of fused-ring (bicyclic) bond motifs is 1. The van der Waals surface area contributed by atoms with E-state index < -0.39 is 38.9 Å². The van der Waals surface area contributed by atoms with E-state index in [0.29, 0.717) is 44.4 Å². The smallest absolute Gasteiger partial charge is 0.416 e. The second-order valence-electron chi connectivity index (χ2n) is 6.71. The number of non-ortho nitro benzene ring substituents is 1. The summed E-state index contributed by atoms with van der Waals surface area (Å²) in [7, 11) is 0. The average Bonchev–Trinajstić information content (AvgIpc) is 2.65. The van der Waals surface area contributed by atoms with Crippen molar-refractivity contribution in [2.75, 3.05) is 31.1 Å². The molecule has 2 aromatic rings. The van der Waals surface area contributed by atoms with Gasteiger partial charge in [0.25, 0.3) is 5.56 Å². The van der Waals surface area contributed by atoms with Gasteiger partial charge in [0.05, 0.1) is 15.9 Å². The van der Waals surface area contributed by atoms with Crippen LogP contribution >= 0.6 is 0 Å². The Morgan fingerprint density at radius 3 is 2.46 bits per heavy atom. The summed E-state index contributed by atoms with van der Waals surface area (Å²) in [6.07, 6.45) is -3.85. The average molecular weight is 400 g/mol. The van der Waals surface area contributed by atoms with Gasteiger partial charge in [0.2, 0.25) is 5.58 Å². The maximum absolute atomic E-state index is 13.0. The summed E-state index contributed by atoms with van der Waals surface area (Å²) in [5.41, 5.74) is -3.70. The molecule has 1 saturated heterocycles. The molecule has 1 aromatic carbocycles. The Hall–Kier alpha value is -2.69. The molecule has 0 bridgehead atoms. The summed E-state index contributed by atoms with van der Waals surface area (Å²) in [5.74, 6) is 0. The third kappa shape index (κ3) is 3.79. The van der Waals surface area contributed by atoms with Gasteiger partial charge in [-0.05, 0) is 19.4 Å². The van der Waals surface area contributed by atoms with Crippen molar-refractivity contribution in [3.05, 3.63) is 38.2 Å². The standard InChI is InChI=1S/C17H19F3N4O4/c1-3-10(2)22-4-6-23(7-5-22)16-21-15(25)12-8-11(17(18,19)20)9-13(24(26)27)14(12)28-16/h8-10H,3-7H2,1-2H3. The van der Waals surface area contributed by atoms with E-state index in [0.717, 1.165) is 6.42 Å². The number of piperazine rings is 1. The molecule has 0 N–H and O–H groups in total. The number of nitro groups is 1. The van der Waals surface area contributed by atoms with Crippen molar-refractivity contribution in [1.82, 2.24) is 9.88 Å². The lowest BCUT2D eigenvalue weighted by Crippen LogP contribution is -2.49. The molecule has 1 unspecified atom stereocenters. The van der Waals surface area contributed by atoms with Crippen molar-refractivity contribution >= 4 is 22.7 Å². The quantitative estimate of drug-likeness (QED) is 0.575. The van der Waals surface area contributed by atoms with Crippen LogP contribution in [0.2, 0.25) is 0 Å². The molecule has 2 heterocycles.